The molecule has 3 rings (SSSR count). The van der Waals surface area contributed by atoms with Gasteiger partial charge in [0.15, 0.2) is 0 Å². The predicted molar refractivity (Wildman–Crippen MR) is 79.4 cm³/mol. The normalized spacial score (nSPS) is 20.8. The molecule has 1 aliphatic heterocycles. The zero-order valence-electron chi connectivity index (χ0n) is 11.9. The molecule has 2 N–H and O–H groups in total. The molecule has 2 amide bonds. The van der Waals surface area contributed by atoms with Gasteiger partial charge in [0.05, 0.1) is 0 Å². The van der Waals surface area contributed by atoms with Crippen molar-refractivity contribution in [2.75, 3.05) is 11.4 Å². The average Bonchev–Trinajstić information content (AvgIpc) is 2.81. The van der Waals surface area contributed by atoms with E-state index < -0.39 is 12.0 Å². The van der Waals surface area contributed by atoms with E-state index in [4.69, 9.17) is 0 Å². The fraction of sp³-hybridized carbons (Fsp3) is 0.500. The molecule has 112 valence electrons. The van der Waals surface area contributed by atoms with Crippen LogP contribution in [0.15, 0.2) is 24.3 Å². The van der Waals surface area contributed by atoms with Crippen LogP contribution in [-0.4, -0.2) is 29.7 Å². The van der Waals surface area contributed by atoms with Crippen LogP contribution in [0, 0.1) is 5.92 Å². The molecule has 1 unspecified atom stereocenters. The van der Waals surface area contributed by atoms with Gasteiger partial charge in [0.25, 0.3) is 0 Å². The number of fused-ring (bicyclic) bond motifs is 1. The third kappa shape index (κ3) is 2.73. The van der Waals surface area contributed by atoms with Crippen LogP contribution >= 0.6 is 0 Å². The van der Waals surface area contributed by atoms with Crippen molar-refractivity contribution < 1.29 is 14.7 Å². The van der Waals surface area contributed by atoms with Gasteiger partial charge in [0, 0.05) is 18.7 Å². The van der Waals surface area contributed by atoms with E-state index in [-0.39, 0.29) is 6.03 Å². The molecule has 0 aromatic heterocycles. The Morgan fingerprint density at radius 1 is 1.29 bits per heavy atom. The topological polar surface area (TPSA) is 69.6 Å². The average molecular weight is 288 g/mol. The van der Waals surface area contributed by atoms with E-state index >= 15 is 0 Å². The Morgan fingerprint density at radius 3 is 2.71 bits per heavy atom. The zero-order chi connectivity index (χ0) is 14.8. The van der Waals surface area contributed by atoms with Crippen molar-refractivity contribution >= 4 is 17.7 Å². The Bertz CT molecular complexity index is 554. The highest BCUT2D eigenvalue weighted by Crippen LogP contribution is 2.32. The Kier molecular flexibility index (Phi) is 3.82. The summed E-state index contributed by atoms with van der Waals surface area (Å²) in [7, 11) is 0. The van der Waals surface area contributed by atoms with Gasteiger partial charge in [-0.05, 0) is 24.0 Å². The summed E-state index contributed by atoms with van der Waals surface area (Å²) in [6.45, 7) is 0.620. The van der Waals surface area contributed by atoms with Crippen LogP contribution in [0.1, 0.15) is 31.2 Å². The highest BCUT2D eigenvalue weighted by Gasteiger charge is 2.38. The van der Waals surface area contributed by atoms with Gasteiger partial charge in [-0.15, -0.1) is 0 Å². The number of hydrogen-bond acceptors (Lipinski definition) is 2. The number of para-hydroxylation sites is 1. The van der Waals surface area contributed by atoms with Crippen LogP contribution < -0.4 is 10.2 Å². The van der Waals surface area contributed by atoms with Crippen LogP contribution in [0.5, 0.6) is 0 Å². The summed E-state index contributed by atoms with van der Waals surface area (Å²) in [5.74, 6) is -0.230. The van der Waals surface area contributed by atoms with Gasteiger partial charge in [-0.3, -0.25) is 4.90 Å². The summed E-state index contributed by atoms with van der Waals surface area (Å²) >= 11 is 0. The molecule has 5 nitrogen and oxygen atoms in total. The van der Waals surface area contributed by atoms with Gasteiger partial charge in [-0.1, -0.05) is 37.5 Å². The summed E-state index contributed by atoms with van der Waals surface area (Å²) in [5, 5.41) is 12.2. The molecule has 1 aromatic rings. The second-order valence-electron chi connectivity index (χ2n) is 5.87. The standard InChI is InChI=1S/C16H20N2O3/c19-15(20)14-10-12-6-1-2-7-13(12)18(14)16(21)17-9-8-11-4-3-5-11/h1-2,6-7,11,14H,3-5,8-10H2,(H,17,21)(H,19,20). The maximum absolute atomic E-state index is 12.4. The van der Waals surface area contributed by atoms with Gasteiger partial charge < -0.3 is 10.4 Å². The molecule has 1 saturated carbocycles. The minimum atomic E-state index is -0.958. The van der Waals surface area contributed by atoms with E-state index in [9.17, 15) is 14.7 Å². The molecule has 1 aromatic carbocycles. The molecule has 0 saturated heterocycles. The highest BCUT2D eigenvalue weighted by molar-refractivity contribution is 6.01. The first-order chi connectivity index (χ1) is 10.2. The van der Waals surface area contributed by atoms with Crippen LogP contribution in [0.3, 0.4) is 0 Å². The van der Waals surface area contributed by atoms with Crippen molar-refractivity contribution in [1.29, 1.82) is 0 Å². The molecule has 5 heteroatoms. The number of nitrogens with one attached hydrogen (secondary N) is 1. The number of carboxylic acid groups (broad SMARTS) is 1. The Balaban J connectivity index is 1.67. The molecule has 0 radical (unpaired) electrons. The van der Waals surface area contributed by atoms with E-state index in [2.05, 4.69) is 5.32 Å². The Morgan fingerprint density at radius 2 is 2.05 bits per heavy atom. The second kappa shape index (κ2) is 5.76. The van der Waals surface area contributed by atoms with Crippen LogP contribution in [-0.2, 0) is 11.2 Å². The molecule has 0 spiro atoms. The minimum Gasteiger partial charge on any atom is -0.480 e. The fourth-order valence-corrected chi connectivity index (χ4v) is 3.08. The quantitative estimate of drug-likeness (QED) is 0.894. The summed E-state index contributed by atoms with van der Waals surface area (Å²) in [5.41, 5.74) is 1.63. The van der Waals surface area contributed by atoms with E-state index in [1.807, 2.05) is 24.3 Å². The molecule has 21 heavy (non-hydrogen) atoms. The largest absolute Gasteiger partial charge is 0.480 e. The van der Waals surface area contributed by atoms with Gasteiger partial charge in [-0.25, -0.2) is 9.59 Å². The number of benzene rings is 1. The monoisotopic (exact) mass is 288 g/mol. The molecular weight excluding hydrogens is 268 g/mol. The van der Waals surface area contributed by atoms with Crippen LogP contribution in [0.25, 0.3) is 0 Å². The third-order valence-corrected chi connectivity index (χ3v) is 4.53. The van der Waals surface area contributed by atoms with E-state index in [0.29, 0.717) is 18.7 Å². The number of amides is 2. The first-order valence-electron chi connectivity index (χ1n) is 7.54. The van der Waals surface area contributed by atoms with E-state index in [1.165, 1.54) is 24.2 Å². The molecular formula is C16H20N2O3. The number of nitrogens with zero attached hydrogens (tertiary/aromatic N) is 1. The lowest BCUT2D eigenvalue weighted by Crippen LogP contribution is -2.48. The predicted octanol–water partition coefficient (Wildman–Crippen LogP) is 2.40. The number of carbonyl (C=O) groups excluding carboxylic acids is 1. The zero-order valence-corrected chi connectivity index (χ0v) is 11.9. The first kappa shape index (κ1) is 13.9. The van der Waals surface area contributed by atoms with E-state index in [0.717, 1.165) is 17.9 Å². The maximum atomic E-state index is 12.4. The molecule has 1 aliphatic carbocycles. The molecule has 2 aliphatic rings. The summed E-state index contributed by atoms with van der Waals surface area (Å²) in [6, 6.07) is 6.29. The number of urea groups is 1. The Hall–Kier alpha value is -2.04. The molecule has 1 fully saturated rings. The number of rotatable bonds is 4. The SMILES string of the molecule is O=C(O)C1Cc2ccccc2N1C(=O)NCCC1CCC1. The lowest BCUT2D eigenvalue weighted by Gasteiger charge is -2.27. The Labute approximate surface area is 123 Å². The minimum absolute atomic E-state index is 0.299. The van der Waals surface area contributed by atoms with Crippen molar-refractivity contribution in [2.24, 2.45) is 5.92 Å². The van der Waals surface area contributed by atoms with Crippen molar-refractivity contribution in [3.8, 4) is 0 Å². The van der Waals surface area contributed by atoms with Crippen molar-refractivity contribution in [1.82, 2.24) is 5.32 Å². The number of hydrogen-bond donors (Lipinski definition) is 2. The number of anilines is 1. The third-order valence-electron chi connectivity index (χ3n) is 4.53. The van der Waals surface area contributed by atoms with Gasteiger partial charge in [0.2, 0.25) is 0 Å². The number of carbonyl (C=O) groups is 2. The molecule has 1 atom stereocenters. The fourth-order valence-electron chi connectivity index (χ4n) is 3.08. The number of aliphatic carboxylic acids is 1. The summed E-state index contributed by atoms with van der Waals surface area (Å²) in [4.78, 5) is 25.2. The smallest absolute Gasteiger partial charge is 0.327 e. The summed E-state index contributed by atoms with van der Waals surface area (Å²) < 4.78 is 0. The lowest BCUT2D eigenvalue weighted by atomic mass is 9.83. The second-order valence-corrected chi connectivity index (χ2v) is 5.87. The van der Waals surface area contributed by atoms with Crippen molar-refractivity contribution in [3.05, 3.63) is 29.8 Å². The number of carboxylic acids is 1. The molecule has 1 heterocycles. The highest BCUT2D eigenvalue weighted by atomic mass is 16.4. The summed E-state index contributed by atoms with van der Waals surface area (Å²) in [6.07, 6.45) is 5.15. The molecule has 0 bridgehead atoms. The lowest BCUT2D eigenvalue weighted by molar-refractivity contribution is -0.138. The van der Waals surface area contributed by atoms with E-state index in [1.54, 1.807) is 0 Å². The van der Waals surface area contributed by atoms with Crippen molar-refractivity contribution in [3.63, 3.8) is 0 Å². The van der Waals surface area contributed by atoms with Gasteiger partial charge in [0.1, 0.15) is 6.04 Å². The van der Waals surface area contributed by atoms with Crippen molar-refractivity contribution in [2.45, 2.75) is 38.1 Å². The van der Waals surface area contributed by atoms with Crippen LogP contribution in [0.2, 0.25) is 0 Å². The first-order valence-corrected chi connectivity index (χ1v) is 7.54. The van der Waals surface area contributed by atoms with Gasteiger partial charge in [-0.2, -0.15) is 0 Å². The van der Waals surface area contributed by atoms with Gasteiger partial charge >= 0.3 is 12.0 Å². The van der Waals surface area contributed by atoms with Crippen LogP contribution in [0.4, 0.5) is 10.5 Å². The maximum Gasteiger partial charge on any atom is 0.327 e.